The standard InChI is InChI=1S/C26H38N4O2/c1-6-7-10-16-29(25(32)20-13-11-14-20)18-24(31)27-23-17-22(26(3,4)5)28-30(23)21-15-9-8-12-19(21)2/h8-9,12,15,17,20H,6-7,10-11,13-14,16,18H2,1-5H3,(H,27,31). The SMILES string of the molecule is CCCCCN(CC(=O)Nc1cc(C(C)(C)C)nn1-c1ccccc1C)C(=O)C1CCC1. The van der Waals surface area contributed by atoms with Gasteiger partial charge in [-0.1, -0.05) is 65.2 Å². The maximum absolute atomic E-state index is 13.1. The fourth-order valence-corrected chi connectivity index (χ4v) is 3.91. The van der Waals surface area contributed by atoms with Crippen LogP contribution in [0.3, 0.4) is 0 Å². The van der Waals surface area contributed by atoms with E-state index in [0.29, 0.717) is 12.4 Å². The van der Waals surface area contributed by atoms with Crippen molar-refractivity contribution in [1.29, 1.82) is 0 Å². The van der Waals surface area contributed by atoms with Crippen molar-refractivity contribution in [3.63, 3.8) is 0 Å². The van der Waals surface area contributed by atoms with Crippen molar-refractivity contribution in [2.45, 2.75) is 78.6 Å². The molecular weight excluding hydrogens is 400 g/mol. The van der Waals surface area contributed by atoms with E-state index in [9.17, 15) is 9.59 Å². The molecule has 1 saturated carbocycles. The average molecular weight is 439 g/mol. The zero-order chi connectivity index (χ0) is 23.3. The number of carbonyl (C=O) groups excluding carboxylic acids is 2. The van der Waals surface area contributed by atoms with Gasteiger partial charge in [-0.05, 0) is 37.8 Å². The highest BCUT2D eigenvalue weighted by atomic mass is 16.2. The average Bonchev–Trinajstić information content (AvgIpc) is 3.10. The molecule has 1 aromatic carbocycles. The fraction of sp³-hybridized carbons (Fsp3) is 0.577. The van der Waals surface area contributed by atoms with Gasteiger partial charge in [0, 0.05) is 23.9 Å². The first kappa shape index (κ1) is 24.0. The molecular formula is C26H38N4O2. The summed E-state index contributed by atoms with van der Waals surface area (Å²) in [6, 6.07) is 9.94. The molecule has 6 heteroatoms. The lowest BCUT2D eigenvalue weighted by Gasteiger charge is -2.31. The monoisotopic (exact) mass is 438 g/mol. The Bertz CT molecular complexity index is 938. The first-order valence-electron chi connectivity index (χ1n) is 12.0. The van der Waals surface area contributed by atoms with Crippen LogP contribution in [-0.4, -0.2) is 39.6 Å². The number of anilines is 1. The minimum absolute atomic E-state index is 0.0862. The Morgan fingerprint density at radius 3 is 2.50 bits per heavy atom. The molecule has 1 aliphatic rings. The van der Waals surface area contributed by atoms with Crippen molar-refractivity contribution < 1.29 is 9.59 Å². The van der Waals surface area contributed by atoms with Gasteiger partial charge in [-0.25, -0.2) is 4.68 Å². The number of unbranched alkanes of at least 4 members (excludes halogenated alkanes) is 2. The van der Waals surface area contributed by atoms with Gasteiger partial charge in [0.1, 0.15) is 5.82 Å². The van der Waals surface area contributed by atoms with E-state index in [0.717, 1.165) is 55.5 Å². The number of aromatic nitrogens is 2. The summed E-state index contributed by atoms with van der Waals surface area (Å²) in [5, 5.41) is 7.86. The largest absolute Gasteiger partial charge is 0.333 e. The number of carbonyl (C=O) groups is 2. The second-order valence-electron chi connectivity index (χ2n) is 10.0. The molecule has 32 heavy (non-hydrogen) atoms. The van der Waals surface area contributed by atoms with Crippen molar-refractivity contribution in [1.82, 2.24) is 14.7 Å². The van der Waals surface area contributed by atoms with Crippen LogP contribution in [0.25, 0.3) is 5.69 Å². The number of hydrogen-bond donors (Lipinski definition) is 1. The molecule has 0 aliphatic heterocycles. The van der Waals surface area contributed by atoms with Gasteiger partial charge in [-0.2, -0.15) is 5.10 Å². The number of nitrogens with zero attached hydrogens (tertiary/aromatic N) is 3. The number of aryl methyl sites for hydroxylation is 1. The van der Waals surface area contributed by atoms with Crippen LogP contribution in [0.1, 0.15) is 77.5 Å². The molecule has 2 aromatic rings. The fourth-order valence-electron chi connectivity index (χ4n) is 3.91. The third-order valence-electron chi connectivity index (χ3n) is 6.22. The second kappa shape index (κ2) is 10.3. The van der Waals surface area contributed by atoms with Gasteiger partial charge >= 0.3 is 0 Å². The summed E-state index contributed by atoms with van der Waals surface area (Å²) in [7, 11) is 0. The third-order valence-corrected chi connectivity index (χ3v) is 6.22. The van der Waals surface area contributed by atoms with Gasteiger partial charge in [0.2, 0.25) is 11.8 Å². The minimum atomic E-state index is -0.177. The molecule has 0 atom stereocenters. The van der Waals surface area contributed by atoms with Gasteiger partial charge in [-0.3, -0.25) is 9.59 Å². The van der Waals surface area contributed by atoms with Crippen LogP contribution in [0.4, 0.5) is 5.82 Å². The number of rotatable bonds is 9. The highest BCUT2D eigenvalue weighted by Crippen LogP contribution is 2.29. The molecule has 0 bridgehead atoms. The summed E-state index contributed by atoms with van der Waals surface area (Å²) in [5.74, 6) is 0.683. The van der Waals surface area contributed by atoms with Crippen molar-refractivity contribution in [2.75, 3.05) is 18.4 Å². The van der Waals surface area contributed by atoms with E-state index < -0.39 is 0 Å². The van der Waals surface area contributed by atoms with Crippen molar-refractivity contribution in [3.05, 3.63) is 41.6 Å². The van der Waals surface area contributed by atoms with Crippen LogP contribution in [0.5, 0.6) is 0 Å². The summed E-state index contributed by atoms with van der Waals surface area (Å²) in [6.07, 6.45) is 6.07. The Labute approximate surface area is 192 Å². The topological polar surface area (TPSA) is 67.2 Å². The molecule has 0 saturated heterocycles. The molecule has 3 rings (SSSR count). The third kappa shape index (κ3) is 5.78. The summed E-state index contributed by atoms with van der Waals surface area (Å²) < 4.78 is 1.81. The zero-order valence-electron chi connectivity index (χ0n) is 20.3. The molecule has 1 aliphatic carbocycles. The van der Waals surface area contributed by atoms with Crippen LogP contribution in [0.2, 0.25) is 0 Å². The Morgan fingerprint density at radius 1 is 1.19 bits per heavy atom. The van der Waals surface area contributed by atoms with E-state index in [1.54, 1.807) is 4.90 Å². The first-order valence-corrected chi connectivity index (χ1v) is 12.0. The maximum Gasteiger partial charge on any atom is 0.245 e. The molecule has 174 valence electrons. The van der Waals surface area contributed by atoms with Crippen molar-refractivity contribution in [2.24, 2.45) is 5.92 Å². The van der Waals surface area contributed by atoms with E-state index in [2.05, 4.69) is 33.0 Å². The highest BCUT2D eigenvalue weighted by molar-refractivity contribution is 5.94. The minimum Gasteiger partial charge on any atom is -0.333 e. The molecule has 0 radical (unpaired) electrons. The molecule has 2 amide bonds. The van der Waals surface area contributed by atoms with Crippen LogP contribution in [-0.2, 0) is 15.0 Å². The predicted octanol–water partition coefficient (Wildman–Crippen LogP) is 5.24. The molecule has 6 nitrogen and oxygen atoms in total. The molecule has 1 fully saturated rings. The van der Waals surface area contributed by atoms with Gasteiger partial charge in [0.25, 0.3) is 0 Å². The summed E-state index contributed by atoms with van der Waals surface area (Å²) in [5.41, 5.74) is 2.76. The summed E-state index contributed by atoms with van der Waals surface area (Å²) in [4.78, 5) is 27.7. The smallest absolute Gasteiger partial charge is 0.245 e. The lowest BCUT2D eigenvalue weighted by molar-refractivity contribution is -0.140. The van der Waals surface area contributed by atoms with Crippen LogP contribution >= 0.6 is 0 Å². The molecule has 1 aromatic heterocycles. The Hall–Kier alpha value is -2.63. The van der Waals surface area contributed by atoms with Crippen molar-refractivity contribution >= 4 is 17.6 Å². The second-order valence-corrected chi connectivity index (χ2v) is 10.0. The zero-order valence-corrected chi connectivity index (χ0v) is 20.3. The van der Waals surface area contributed by atoms with E-state index in [1.807, 2.05) is 41.9 Å². The molecule has 0 unspecified atom stereocenters. The van der Waals surface area contributed by atoms with E-state index in [-0.39, 0.29) is 29.7 Å². The Balaban J connectivity index is 1.81. The van der Waals surface area contributed by atoms with E-state index >= 15 is 0 Å². The Morgan fingerprint density at radius 2 is 1.91 bits per heavy atom. The van der Waals surface area contributed by atoms with E-state index in [4.69, 9.17) is 5.10 Å². The van der Waals surface area contributed by atoms with Gasteiger partial charge < -0.3 is 10.2 Å². The van der Waals surface area contributed by atoms with Crippen LogP contribution in [0, 0.1) is 12.8 Å². The summed E-state index contributed by atoms with van der Waals surface area (Å²) in [6.45, 7) is 11.2. The van der Waals surface area contributed by atoms with Crippen LogP contribution < -0.4 is 5.32 Å². The van der Waals surface area contributed by atoms with Crippen molar-refractivity contribution in [3.8, 4) is 5.69 Å². The lowest BCUT2D eigenvalue weighted by atomic mass is 9.84. The number of hydrogen-bond acceptors (Lipinski definition) is 3. The van der Waals surface area contributed by atoms with E-state index in [1.165, 1.54) is 0 Å². The summed E-state index contributed by atoms with van der Waals surface area (Å²) >= 11 is 0. The highest BCUT2D eigenvalue weighted by Gasteiger charge is 2.30. The number of amides is 2. The van der Waals surface area contributed by atoms with Crippen LogP contribution in [0.15, 0.2) is 30.3 Å². The molecule has 1 N–H and O–H groups in total. The quantitative estimate of drug-likeness (QED) is 0.545. The van der Waals surface area contributed by atoms with Gasteiger partial charge in [0.15, 0.2) is 0 Å². The predicted molar refractivity (Wildman–Crippen MR) is 129 cm³/mol. The lowest BCUT2D eigenvalue weighted by Crippen LogP contribution is -2.43. The van der Waals surface area contributed by atoms with Gasteiger partial charge in [0.05, 0.1) is 17.9 Å². The normalized spacial score (nSPS) is 14.2. The number of para-hydroxylation sites is 1. The Kier molecular flexibility index (Phi) is 7.75. The maximum atomic E-state index is 13.1. The molecule has 0 spiro atoms. The molecule has 1 heterocycles. The van der Waals surface area contributed by atoms with Gasteiger partial charge in [-0.15, -0.1) is 0 Å². The first-order chi connectivity index (χ1) is 15.2. The number of nitrogens with one attached hydrogen (secondary N) is 1. The number of benzene rings is 1.